The highest BCUT2D eigenvalue weighted by atomic mass is 16.4. The van der Waals surface area contributed by atoms with Gasteiger partial charge >= 0.3 is 0 Å². The van der Waals surface area contributed by atoms with Crippen molar-refractivity contribution >= 4 is 6.01 Å². The Labute approximate surface area is 89.1 Å². The van der Waals surface area contributed by atoms with Crippen LogP contribution < -0.4 is 5.32 Å². The number of rotatable bonds is 3. The lowest BCUT2D eigenvalue weighted by molar-refractivity contribution is 0.574. The molecule has 0 radical (unpaired) electrons. The molecule has 0 saturated carbocycles. The van der Waals surface area contributed by atoms with E-state index in [-0.39, 0.29) is 0 Å². The molecule has 3 heteroatoms. The van der Waals surface area contributed by atoms with Crippen molar-refractivity contribution < 1.29 is 4.42 Å². The number of aryl methyl sites for hydroxylation is 1. The molecule has 0 fully saturated rings. The van der Waals surface area contributed by atoms with Gasteiger partial charge in [0.1, 0.15) is 6.26 Å². The predicted molar refractivity (Wildman–Crippen MR) is 60.0 cm³/mol. The van der Waals surface area contributed by atoms with E-state index in [0.29, 0.717) is 6.01 Å². The summed E-state index contributed by atoms with van der Waals surface area (Å²) in [6.07, 6.45) is 2.50. The molecule has 15 heavy (non-hydrogen) atoms. The van der Waals surface area contributed by atoms with Gasteiger partial charge in [-0.25, -0.2) is 0 Å². The molecule has 2 aromatic rings. The van der Waals surface area contributed by atoms with E-state index < -0.39 is 0 Å². The average molecular weight is 202 g/mol. The van der Waals surface area contributed by atoms with Gasteiger partial charge in [-0.05, 0) is 12.5 Å². The highest BCUT2D eigenvalue weighted by Crippen LogP contribution is 2.12. The van der Waals surface area contributed by atoms with E-state index in [4.69, 9.17) is 4.42 Å². The van der Waals surface area contributed by atoms with E-state index in [9.17, 15) is 0 Å². The van der Waals surface area contributed by atoms with Crippen LogP contribution in [0.5, 0.6) is 0 Å². The number of anilines is 1. The van der Waals surface area contributed by atoms with E-state index in [2.05, 4.69) is 41.5 Å². The van der Waals surface area contributed by atoms with E-state index in [0.717, 1.165) is 12.1 Å². The first kappa shape index (κ1) is 9.77. The van der Waals surface area contributed by atoms with Crippen LogP contribution in [0.4, 0.5) is 6.01 Å². The summed E-state index contributed by atoms with van der Waals surface area (Å²) in [5.41, 5.74) is 3.47. The maximum atomic E-state index is 5.19. The number of nitrogens with one attached hydrogen (secondary N) is 1. The van der Waals surface area contributed by atoms with Crippen LogP contribution in [0.15, 0.2) is 34.9 Å². The molecule has 0 spiro atoms. The zero-order chi connectivity index (χ0) is 10.7. The zero-order valence-corrected chi connectivity index (χ0v) is 8.95. The minimum atomic E-state index is 0.567. The van der Waals surface area contributed by atoms with Gasteiger partial charge in [0.2, 0.25) is 0 Å². The third kappa shape index (κ3) is 2.37. The normalized spacial score (nSPS) is 10.3. The molecule has 1 heterocycles. The summed E-state index contributed by atoms with van der Waals surface area (Å²) in [7, 11) is 1.79. The number of benzene rings is 1. The van der Waals surface area contributed by atoms with Gasteiger partial charge in [0, 0.05) is 13.5 Å². The molecule has 0 saturated heterocycles. The van der Waals surface area contributed by atoms with Crippen LogP contribution in [-0.4, -0.2) is 12.0 Å². The average Bonchev–Trinajstić information content (AvgIpc) is 2.65. The van der Waals surface area contributed by atoms with E-state index >= 15 is 0 Å². The summed E-state index contributed by atoms with van der Waals surface area (Å²) < 4.78 is 5.19. The van der Waals surface area contributed by atoms with Crippen LogP contribution >= 0.6 is 0 Å². The van der Waals surface area contributed by atoms with Gasteiger partial charge in [0.25, 0.3) is 6.01 Å². The fourth-order valence-electron chi connectivity index (χ4n) is 1.53. The number of hydrogen-bond acceptors (Lipinski definition) is 3. The molecule has 3 nitrogen and oxygen atoms in total. The van der Waals surface area contributed by atoms with Crippen LogP contribution in [0.2, 0.25) is 0 Å². The smallest absolute Gasteiger partial charge is 0.294 e. The molecule has 0 aliphatic carbocycles. The van der Waals surface area contributed by atoms with Crippen molar-refractivity contribution in [2.24, 2.45) is 0 Å². The molecule has 0 aliphatic heterocycles. The van der Waals surface area contributed by atoms with Gasteiger partial charge in [-0.15, -0.1) is 0 Å². The lowest BCUT2D eigenvalue weighted by Crippen LogP contribution is -1.91. The second-order valence-electron chi connectivity index (χ2n) is 3.56. The molecular weight excluding hydrogens is 188 g/mol. The number of aromatic nitrogens is 1. The largest absolute Gasteiger partial charge is 0.432 e. The van der Waals surface area contributed by atoms with Gasteiger partial charge in [-0.1, -0.05) is 29.8 Å². The topological polar surface area (TPSA) is 38.1 Å². The van der Waals surface area contributed by atoms with Gasteiger partial charge in [0.05, 0.1) is 5.69 Å². The van der Waals surface area contributed by atoms with Gasteiger partial charge in [-0.3, -0.25) is 0 Å². The quantitative estimate of drug-likeness (QED) is 0.831. The molecule has 0 unspecified atom stereocenters. The Hall–Kier alpha value is -1.77. The van der Waals surface area contributed by atoms with E-state index in [1.54, 1.807) is 13.3 Å². The fourth-order valence-corrected chi connectivity index (χ4v) is 1.53. The molecule has 0 amide bonds. The Morgan fingerprint density at radius 3 is 2.93 bits per heavy atom. The Morgan fingerprint density at radius 1 is 1.40 bits per heavy atom. The molecule has 1 aromatic carbocycles. The Kier molecular flexibility index (Phi) is 2.72. The van der Waals surface area contributed by atoms with Gasteiger partial charge < -0.3 is 9.73 Å². The molecule has 2 rings (SSSR count). The third-order valence-electron chi connectivity index (χ3n) is 2.23. The molecule has 0 aliphatic rings. The molecule has 0 atom stereocenters. The Balaban J connectivity index is 2.14. The first-order chi connectivity index (χ1) is 7.28. The molecule has 1 aromatic heterocycles. The monoisotopic (exact) mass is 202 g/mol. The summed E-state index contributed by atoms with van der Waals surface area (Å²) in [4.78, 5) is 4.28. The minimum Gasteiger partial charge on any atom is -0.432 e. The summed E-state index contributed by atoms with van der Waals surface area (Å²) in [5.74, 6) is 0. The lowest BCUT2D eigenvalue weighted by atomic mass is 10.1. The van der Waals surface area contributed by atoms with E-state index in [1.165, 1.54) is 11.1 Å². The summed E-state index contributed by atoms with van der Waals surface area (Å²) >= 11 is 0. The first-order valence-corrected chi connectivity index (χ1v) is 4.95. The lowest BCUT2D eigenvalue weighted by Gasteiger charge is -1.98. The first-order valence-electron chi connectivity index (χ1n) is 4.95. The third-order valence-corrected chi connectivity index (χ3v) is 2.23. The van der Waals surface area contributed by atoms with Gasteiger partial charge in [-0.2, -0.15) is 4.98 Å². The second-order valence-corrected chi connectivity index (χ2v) is 3.56. The number of hydrogen-bond donors (Lipinski definition) is 1. The van der Waals surface area contributed by atoms with Crippen molar-refractivity contribution in [1.29, 1.82) is 0 Å². The summed E-state index contributed by atoms with van der Waals surface area (Å²) in [5, 5.41) is 2.87. The fraction of sp³-hybridized carbons (Fsp3) is 0.250. The highest BCUT2D eigenvalue weighted by Gasteiger charge is 2.02. The Morgan fingerprint density at radius 2 is 2.27 bits per heavy atom. The number of oxazole rings is 1. The Bertz CT molecular complexity index is 448. The summed E-state index contributed by atoms with van der Waals surface area (Å²) in [6.45, 7) is 2.09. The molecule has 1 N–H and O–H groups in total. The van der Waals surface area contributed by atoms with Crippen molar-refractivity contribution in [3.05, 3.63) is 47.3 Å². The minimum absolute atomic E-state index is 0.567. The molecular formula is C12H14N2O. The number of nitrogens with zero attached hydrogens (tertiary/aromatic N) is 1. The second kappa shape index (κ2) is 4.17. The van der Waals surface area contributed by atoms with Crippen molar-refractivity contribution in [3.8, 4) is 0 Å². The van der Waals surface area contributed by atoms with Crippen LogP contribution in [0.1, 0.15) is 16.8 Å². The van der Waals surface area contributed by atoms with Crippen molar-refractivity contribution in [2.45, 2.75) is 13.3 Å². The van der Waals surface area contributed by atoms with Crippen LogP contribution in [0.25, 0.3) is 0 Å². The van der Waals surface area contributed by atoms with Gasteiger partial charge in [0.15, 0.2) is 0 Å². The summed E-state index contributed by atoms with van der Waals surface area (Å²) in [6, 6.07) is 8.97. The molecule has 78 valence electrons. The van der Waals surface area contributed by atoms with Crippen LogP contribution in [-0.2, 0) is 6.42 Å². The van der Waals surface area contributed by atoms with Crippen molar-refractivity contribution in [3.63, 3.8) is 0 Å². The maximum Gasteiger partial charge on any atom is 0.294 e. The standard InChI is InChI=1S/C12H14N2O/c1-9-4-3-5-10(6-9)7-11-8-15-12(13-2)14-11/h3-6,8H,7H2,1-2H3,(H,13,14). The van der Waals surface area contributed by atoms with E-state index in [1.807, 2.05) is 0 Å². The SMILES string of the molecule is CNc1nc(Cc2cccc(C)c2)co1. The predicted octanol–water partition coefficient (Wildman–Crippen LogP) is 2.62. The highest BCUT2D eigenvalue weighted by molar-refractivity contribution is 5.27. The molecule has 0 bridgehead atoms. The van der Waals surface area contributed by atoms with Crippen molar-refractivity contribution in [1.82, 2.24) is 4.98 Å². The van der Waals surface area contributed by atoms with Crippen molar-refractivity contribution in [2.75, 3.05) is 12.4 Å². The van der Waals surface area contributed by atoms with Crippen LogP contribution in [0.3, 0.4) is 0 Å². The zero-order valence-electron chi connectivity index (χ0n) is 8.95. The maximum absolute atomic E-state index is 5.19. The van der Waals surface area contributed by atoms with Crippen LogP contribution in [0, 0.1) is 6.92 Å².